The predicted octanol–water partition coefficient (Wildman–Crippen LogP) is 4.93. The van der Waals surface area contributed by atoms with E-state index >= 15 is 0 Å². The van der Waals surface area contributed by atoms with E-state index in [4.69, 9.17) is 35.4 Å². The molecule has 2 nitrogen and oxygen atoms in total. The number of hydrogen-bond acceptors (Lipinski definition) is 1. The van der Waals surface area contributed by atoms with E-state index in [1.807, 2.05) is 25.1 Å². The monoisotopic (exact) mass is 342 g/mol. The minimum Gasteiger partial charge on any atom is -0.358 e. The average Bonchev–Trinajstić information content (AvgIpc) is 2.41. The lowest BCUT2D eigenvalue weighted by Gasteiger charge is -2.13. The molecule has 0 heterocycles. The maximum Gasteiger partial charge on any atom is 0.171 e. The van der Waals surface area contributed by atoms with Crippen molar-refractivity contribution < 1.29 is 4.39 Å². The summed E-state index contributed by atoms with van der Waals surface area (Å²) < 4.78 is 13.0. The number of halogens is 3. The molecule has 0 bridgehead atoms. The quantitative estimate of drug-likeness (QED) is 0.773. The molecule has 0 aliphatic heterocycles. The Morgan fingerprint density at radius 2 is 1.90 bits per heavy atom. The van der Waals surface area contributed by atoms with Crippen molar-refractivity contribution >= 4 is 46.2 Å². The van der Waals surface area contributed by atoms with E-state index in [0.29, 0.717) is 21.7 Å². The Balaban J connectivity index is 1.96. The Labute approximate surface area is 138 Å². The molecule has 21 heavy (non-hydrogen) atoms. The molecule has 2 aromatic carbocycles. The van der Waals surface area contributed by atoms with Gasteiger partial charge in [0.1, 0.15) is 5.82 Å². The van der Waals surface area contributed by atoms with E-state index in [9.17, 15) is 4.39 Å². The van der Waals surface area contributed by atoms with E-state index in [0.717, 1.165) is 16.8 Å². The van der Waals surface area contributed by atoms with Gasteiger partial charge in [0.25, 0.3) is 0 Å². The Kier molecular flexibility index (Phi) is 5.39. The van der Waals surface area contributed by atoms with Crippen LogP contribution in [0.1, 0.15) is 11.1 Å². The van der Waals surface area contributed by atoms with Gasteiger partial charge in [0.2, 0.25) is 0 Å². The van der Waals surface area contributed by atoms with Crippen LogP contribution in [0.3, 0.4) is 0 Å². The van der Waals surface area contributed by atoms with Gasteiger partial charge in [0, 0.05) is 11.6 Å². The molecule has 0 amide bonds. The third kappa shape index (κ3) is 4.56. The lowest BCUT2D eigenvalue weighted by atomic mass is 10.2. The molecule has 0 radical (unpaired) electrons. The smallest absolute Gasteiger partial charge is 0.171 e. The number of nitrogens with one attached hydrogen (secondary N) is 2. The van der Waals surface area contributed by atoms with Crippen molar-refractivity contribution in [2.24, 2.45) is 0 Å². The van der Waals surface area contributed by atoms with E-state index in [-0.39, 0.29) is 5.82 Å². The highest BCUT2D eigenvalue weighted by atomic mass is 35.5. The molecule has 0 aliphatic carbocycles. The molecule has 0 saturated heterocycles. The van der Waals surface area contributed by atoms with Gasteiger partial charge in [-0.1, -0.05) is 35.3 Å². The number of benzene rings is 2. The van der Waals surface area contributed by atoms with Crippen LogP contribution in [0.4, 0.5) is 10.1 Å². The SMILES string of the molecule is Cc1ccc(NC(=S)NCc2ccc(F)cc2Cl)c(Cl)c1. The molecule has 0 spiro atoms. The first-order valence-electron chi connectivity index (χ1n) is 6.20. The lowest BCUT2D eigenvalue weighted by molar-refractivity contribution is 0.627. The third-order valence-corrected chi connectivity index (χ3v) is 3.74. The van der Waals surface area contributed by atoms with Crippen LogP contribution in [0.15, 0.2) is 36.4 Å². The van der Waals surface area contributed by atoms with Crippen molar-refractivity contribution in [3.63, 3.8) is 0 Å². The lowest BCUT2D eigenvalue weighted by Crippen LogP contribution is -2.28. The molecule has 2 aromatic rings. The molecule has 0 fully saturated rings. The Bertz CT molecular complexity index is 677. The maximum absolute atomic E-state index is 13.0. The summed E-state index contributed by atoms with van der Waals surface area (Å²) >= 11 is 17.3. The van der Waals surface area contributed by atoms with Crippen molar-refractivity contribution in [1.82, 2.24) is 5.32 Å². The van der Waals surface area contributed by atoms with Crippen LogP contribution in [0.25, 0.3) is 0 Å². The van der Waals surface area contributed by atoms with E-state index in [1.165, 1.54) is 12.1 Å². The summed E-state index contributed by atoms with van der Waals surface area (Å²) in [6, 6.07) is 9.89. The van der Waals surface area contributed by atoms with E-state index in [2.05, 4.69) is 10.6 Å². The Morgan fingerprint density at radius 3 is 2.57 bits per heavy atom. The van der Waals surface area contributed by atoms with Crippen molar-refractivity contribution in [2.75, 3.05) is 5.32 Å². The molecule has 0 saturated carbocycles. The molecule has 0 aromatic heterocycles. The van der Waals surface area contributed by atoms with Crippen LogP contribution >= 0.6 is 35.4 Å². The second-order valence-corrected chi connectivity index (χ2v) is 5.75. The summed E-state index contributed by atoms with van der Waals surface area (Å²) in [5, 5.41) is 7.39. The van der Waals surface area contributed by atoms with Gasteiger partial charge in [-0.3, -0.25) is 0 Å². The second kappa shape index (κ2) is 7.07. The van der Waals surface area contributed by atoms with E-state index in [1.54, 1.807) is 6.07 Å². The van der Waals surface area contributed by atoms with Crippen LogP contribution in [0, 0.1) is 12.7 Å². The largest absolute Gasteiger partial charge is 0.358 e. The summed E-state index contributed by atoms with van der Waals surface area (Å²) in [6.07, 6.45) is 0. The summed E-state index contributed by atoms with van der Waals surface area (Å²) in [5.74, 6) is -0.365. The molecule has 110 valence electrons. The summed E-state index contributed by atoms with van der Waals surface area (Å²) in [5.41, 5.74) is 2.56. The van der Waals surface area contributed by atoms with Crippen LogP contribution in [-0.2, 0) is 6.54 Å². The van der Waals surface area contributed by atoms with Gasteiger partial charge >= 0.3 is 0 Å². The minimum atomic E-state index is -0.365. The standard InChI is InChI=1S/C15H13Cl2FN2S/c1-9-2-5-14(13(17)6-9)20-15(21)19-8-10-3-4-11(18)7-12(10)16/h2-7H,8H2,1H3,(H2,19,20,21). The van der Waals surface area contributed by atoms with Crippen molar-refractivity contribution in [3.8, 4) is 0 Å². The fraction of sp³-hybridized carbons (Fsp3) is 0.133. The topological polar surface area (TPSA) is 24.1 Å². The van der Waals surface area contributed by atoms with Crippen LogP contribution < -0.4 is 10.6 Å². The van der Waals surface area contributed by atoms with Gasteiger partial charge in [-0.15, -0.1) is 0 Å². The molecule has 0 unspecified atom stereocenters. The average molecular weight is 343 g/mol. The van der Waals surface area contributed by atoms with Gasteiger partial charge in [-0.2, -0.15) is 0 Å². The van der Waals surface area contributed by atoms with Gasteiger partial charge < -0.3 is 10.6 Å². The number of rotatable bonds is 3. The van der Waals surface area contributed by atoms with Gasteiger partial charge in [0.15, 0.2) is 5.11 Å². The Morgan fingerprint density at radius 1 is 1.14 bits per heavy atom. The molecule has 6 heteroatoms. The van der Waals surface area contributed by atoms with Gasteiger partial charge in [0.05, 0.1) is 10.7 Å². The number of thiocarbonyl (C=S) groups is 1. The summed E-state index contributed by atoms with van der Waals surface area (Å²) in [4.78, 5) is 0. The normalized spacial score (nSPS) is 10.3. The third-order valence-electron chi connectivity index (χ3n) is 2.83. The maximum atomic E-state index is 13.0. The van der Waals surface area contributed by atoms with E-state index < -0.39 is 0 Å². The fourth-order valence-electron chi connectivity index (χ4n) is 1.73. The van der Waals surface area contributed by atoms with Crippen LogP contribution in [-0.4, -0.2) is 5.11 Å². The zero-order valence-electron chi connectivity index (χ0n) is 11.2. The van der Waals surface area contributed by atoms with Gasteiger partial charge in [-0.25, -0.2) is 4.39 Å². The van der Waals surface area contributed by atoms with Crippen molar-refractivity contribution in [3.05, 3.63) is 63.4 Å². The molecule has 2 N–H and O–H groups in total. The molecular formula is C15H13Cl2FN2S. The summed E-state index contributed by atoms with van der Waals surface area (Å²) in [7, 11) is 0. The molecule has 0 atom stereocenters. The van der Waals surface area contributed by atoms with Gasteiger partial charge in [-0.05, 0) is 54.5 Å². The van der Waals surface area contributed by atoms with Crippen LogP contribution in [0.2, 0.25) is 10.0 Å². The number of hydrogen-bond donors (Lipinski definition) is 2. The first-order chi connectivity index (χ1) is 9.95. The second-order valence-electron chi connectivity index (χ2n) is 4.53. The minimum absolute atomic E-state index is 0.360. The molecule has 0 aliphatic rings. The summed E-state index contributed by atoms with van der Waals surface area (Å²) in [6.45, 7) is 2.36. The number of anilines is 1. The highest BCUT2D eigenvalue weighted by Crippen LogP contribution is 2.22. The highest BCUT2D eigenvalue weighted by Gasteiger charge is 2.05. The zero-order valence-corrected chi connectivity index (χ0v) is 13.5. The Hall–Kier alpha value is -1.36. The zero-order chi connectivity index (χ0) is 15.4. The predicted molar refractivity (Wildman–Crippen MR) is 90.7 cm³/mol. The van der Waals surface area contributed by atoms with Crippen molar-refractivity contribution in [1.29, 1.82) is 0 Å². The fourth-order valence-corrected chi connectivity index (χ4v) is 2.43. The van der Waals surface area contributed by atoms with Crippen LogP contribution in [0.5, 0.6) is 0 Å². The molecular weight excluding hydrogens is 330 g/mol. The number of aryl methyl sites for hydroxylation is 1. The first kappa shape index (κ1) is 16.0. The molecule has 2 rings (SSSR count). The highest BCUT2D eigenvalue weighted by molar-refractivity contribution is 7.80. The van der Waals surface area contributed by atoms with Crippen molar-refractivity contribution in [2.45, 2.75) is 13.5 Å². The first-order valence-corrected chi connectivity index (χ1v) is 7.37.